The average molecular weight is 486 g/mol. The first kappa shape index (κ1) is 25.6. The van der Waals surface area contributed by atoms with Gasteiger partial charge in [-0.3, -0.25) is 14.6 Å². The summed E-state index contributed by atoms with van der Waals surface area (Å²) in [4.78, 5) is 28.2. The highest BCUT2D eigenvalue weighted by Crippen LogP contribution is 2.18. The summed E-state index contributed by atoms with van der Waals surface area (Å²) in [6.45, 7) is 3.11. The summed E-state index contributed by atoms with van der Waals surface area (Å²) in [5, 5.41) is 12.1. The van der Waals surface area contributed by atoms with Crippen LogP contribution in [0.5, 0.6) is 0 Å². The largest absolute Gasteiger partial charge is 0.478 e. The SMILES string of the molecule is CN(CC(=O)Nc1ccc(CCc2ccccc2)cc1)C1CCN(Cc2ccc(C(=O)O)cc2)CC1. The van der Waals surface area contributed by atoms with Crippen LogP contribution in [0.3, 0.4) is 0 Å². The number of carbonyl (C=O) groups excluding carboxylic acids is 1. The number of carbonyl (C=O) groups is 2. The zero-order valence-electron chi connectivity index (χ0n) is 20.9. The van der Waals surface area contributed by atoms with Gasteiger partial charge in [0.15, 0.2) is 0 Å². The Morgan fingerprint density at radius 1 is 0.861 bits per heavy atom. The fourth-order valence-corrected chi connectivity index (χ4v) is 4.77. The maximum Gasteiger partial charge on any atom is 0.335 e. The third kappa shape index (κ3) is 7.51. The van der Waals surface area contributed by atoms with Gasteiger partial charge in [-0.1, -0.05) is 54.6 Å². The molecule has 0 unspecified atom stereocenters. The van der Waals surface area contributed by atoms with E-state index in [0.717, 1.165) is 56.6 Å². The second-order valence-electron chi connectivity index (χ2n) is 9.66. The number of carboxylic acid groups (broad SMARTS) is 1. The number of hydrogen-bond acceptors (Lipinski definition) is 4. The number of rotatable bonds is 10. The lowest BCUT2D eigenvalue weighted by Gasteiger charge is -2.36. The van der Waals surface area contributed by atoms with E-state index in [1.165, 1.54) is 11.1 Å². The minimum Gasteiger partial charge on any atom is -0.478 e. The van der Waals surface area contributed by atoms with Gasteiger partial charge in [-0.2, -0.15) is 0 Å². The summed E-state index contributed by atoms with van der Waals surface area (Å²) < 4.78 is 0. The van der Waals surface area contributed by atoms with Crippen LogP contribution in [0.15, 0.2) is 78.9 Å². The summed E-state index contributed by atoms with van der Waals surface area (Å²) in [6.07, 6.45) is 4.00. The van der Waals surface area contributed by atoms with Crippen LogP contribution in [0.1, 0.15) is 39.9 Å². The molecule has 36 heavy (non-hydrogen) atoms. The Hall–Kier alpha value is -3.48. The molecular weight excluding hydrogens is 450 g/mol. The minimum absolute atomic E-state index is 0.00971. The molecule has 0 aromatic heterocycles. The van der Waals surface area contributed by atoms with Gasteiger partial charge in [-0.15, -0.1) is 0 Å². The fraction of sp³-hybridized carbons (Fsp3) is 0.333. The number of nitrogens with one attached hydrogen (secondary N) is 1. The molecule has 1 saturated heterocycles. The average Bonchev–Trinajstić information content (AvgIpc) is 2.89. The molecule has 3 aromatic carbocycles. The van der Waals surface area contributed by atoms with E-state index in [9.17, 15) is 9.59 Å². The maximum atomic E-state index is 12.6. The summed E-state index contributed by atoms with van der Waals surface area (Å²) in [7, 11) is 2.03. The molecule has 0 bridgehead atoms. The molecule has 3 aromatic rings. The number of anilines is 1. The Labute approximate surface area is 213 Å². The monoisotopic (exact) mass is 485 g/mol. The van der Waals surface area contributed by atoms with Gasteiger partial charge in [0.1, 0.15) is 0 Å². The molecule has 1 aliphatic rings. The van der Waals surface area contributed by atoms with Crippen LogP contribution in [0, 0.1) is 0 Å². The topological polar surface area (TPSA) is 72.9 Å². The molecule has 4 rings (SSSR count). The molecule has 1 amide bonds. The third-order valence-corrected chi connectivity index (χ3v) is 6.96. The number of nitrogens with zero attached hydrogens (tertiary/aromatic N) is 2. The molecule has 1 aliphatic heterocycles. The standard InChI is InChI=1S/C30H35N3O3/c1-32(28-17-19-33(20-18-28)21-25-9-13-26(14-10-25)30(35)36)22-29(34)31-27-15-11-24(12-16-27)8-7-23-5-3-2-4-6-23/h2-6,9-16,28H,7-8,17-22H2,1H3,(H,31,34)(H,35,36). The zero-order valence-corrected chi connectivity index (χ0v) is 20.9. The van der Waals surface area contributed by atoms with Crippen molar-refractivity contribution in [1.82, 2.24) is 9.80 Å². The van der Waals surface area contributed by atoms with Crippen molar-refractivity contribution in [2.45, 2.75) is 38.3 Å². The Kier molecular flexibility index (Phi) is 8.87. The second-order valence-corrected chi connectivity index (χ2v) is 9.66. The lowest BCUT2D eigenvalue weighted by Crippen LogP contribution is -2.45. The molecule has 188 valence electrons. The van der Waals surface area contributed by atoms with Crippen molar-refractivity contribution in [3.05, 3.63) is 101 Å². The molecule has 6 nitrogen and oxygen atoms in total. The van der Waals surface area contributed by atoms with Crippen LogP contribution >= 0.6 is 0 Å². The molecule has 0 aliphatic carbocycles. The predicted molar refractivity (Wildman–Crippen MR) is 143 cm³/mol. The van der Waals surface area contributed by atoms with Crippen molar-refractivity contribution in [3.63, 3.8) is 0 Å². The Bertz CT molecular complexity index is 1120. The van der Waals surface area contributed by atoms with E-state index in [1.54, 1.807) is 12.1 Å². The molecule has 1 heterocycles. The molecule has 0 spiro atoms. The normalized spacial score (nSPS) is 14.6. The van der Waals surface area contributed by atoms with E-state index in [0.29, 0.717) is 18.2 Å². The summed E-state index contributed by atoms with van der Waals surface area (Å²) in [5.74, 6) is -0.888. The summed E-state index contributed by atoms with van der Waals surface area (Å²) in [6, 6.07) is 26.1. The van der Waals surface area contributed by atoms with Crippen molar-refractivity contribution in [2.24, 2.45) is 0 Å². The van der Waals surface area contributed by atoms with E-state index >= 15 is 0 Å². The molecule has 1 fully saturated rings. The second kappa shape index (κ2) is 12.5. The van der Waals surface area contributed by atoms with E-state index in [1.807, 2.05) is 37.4 Å². The van der Waals surface area contributed by atoms with Gasteiger partial charge in [-0.05, 0) is 86.8 Å². The van der Waals surface area contributed by atoms with Gasteiger partial charge in [0.2, 0.25) is 5.91 Å². The highest BCUT2D eigenvalue weighted by atomic mass is 16.4. The first-order valence-corrected chi connectivity index (χ1v) is 12.6. The van der Waals surface area contributed by atoms with E-state index < -0.39 is 5.97 Å². The van der Waals surface area contributed by atoms with Crippen LogP contribution < -0.4 is 5.32 Å². The minimum atomic E-state index is -0.898. The van der Waals surface area contributed by atoms with E-state index in [4.69, 9.17) is 5.11 Å². The molecular formula is C30H35N3O3. The maximum absolute atomic E-state index is 12.6. The molecule has 2 N–H and O–H groups in total. The smallest absolute Gasteiger partial charge is 0.335 e. The Morgan fingerprint density at radius 2 is 1.44 bits per heavy atom. The highest BCUT2D eigenvalue weighted by molar-refractivity contribution is 5.92. The number of likely N-dealkylation sites (tertiary alicyclic amines) is 1. The fourth-order valence-electron chi connectivity index (χ4n) is 4.77. The van der Waals surface area contributed by atoms with Gasteiger partial charge in [0, 0.05) is 18.3 Å². The predicted octanol–water partition coefficient (Wildman–Crippen LogP) is 4.70. The van der Waals surface area contributed by atoms with Crippen molar-refractivity contribution in [1.29, 1.82) is 0 Å². The van der Waals surface area contributed by atoms with Crippen LogP contribution in [0.4, 0.5) is 5.69 Å². The highest BCUT2D eigenvalue weighted by Gasteiger charge is 2.23. The number of aryl methyl sites for hydroxylation is 2. The quantitative estimate of drug-likeness (QED) is 0.435. The molecule has 0 saturated carbocycles. The summed E-state index contributed by atoms with van der Waals surface area (Å²) in [5.41, 5.74) is 4.87. The Morgan fingerprint density at radius 3 is 2.06 bits per heavy atom. The van der Waals surface area contributed by atoms with Crippen LogP contribution in [-0.4, -0.2) is 59.5 Å². The number of benzene rings is 3. The number of aromatic carboxylic acids is 1. The van der Waals surface area contributed by atoms with E-state index in [2.05, 4.69) is 51.5 Å². The number of likely N-dealkylation sites (N-methyl/N-ethyl adjacent to an activating group) is 1. The summed E-state index contributed by atoms with van der Waals surface area (Å²) >= 11 is 0. The van der Waals surface area contributed by atoms with Gasteiger partial charge in [-0.25, -0.2) is 4.79 Å². The van der Waals surface area contributed by atoms with Crippen molar-refractivity contribution >= 4 is 17.6 Å². The number of hydrogen-bond donors (Lipinski definition) is 2. The number of carboxylic acids is 1. The lowest BCUT2D eigenvalue weighted by atomic mass is 10.0. The van der Waals surface area contributed by atoms with Crippen molar-refractivity contribution in [2.75, 3.05) is 32.0 Å². The van der Waals surface area contributed by atoms with Crippen LogP contribution in [-0.2, 0) is 24.2 Å². The zero-order chi connectivity index (χ0) is 25.3. The lowest BCUT2D eigenvalue weighted by molar-refractivity contribution is -0.117. The van der Waals surface area contributed by atoms with Gasteiger partial charge in [0.25, 0.3) is 0 Å². The molecule has 0 atom stereocenters. The van der Waals surface area contributed by atoms with Gasteiger partial charge in [0.05, 0.1) is 12.1 Å². The first-order valence-electron chi connectivity index (χ1n) is 12.6. The van der Waals surface area contributed by atoms with Gasteiger partial charge >= 0.3 is 5.97 Å². The molecule has 0 radical (unpaired) electrons. The van der Waals surface area contributed by atoms with Crippen LogP contribution in [0.2, 0.25) is 0 Å². The molecule has 6 heteroatoms. The van der Waals surface area contributed by atoms with Gasteiger partial charge < -0.3 is 10.4 Å². The van der Waals surface area contributed by atoms with Crippen LogP contribution in [0.25, 0.3) is 0 Å². The first-order chi connectivity index (χ1) is 17.5. The third-order valence-electron chi connectivity index (χ3n) is 6.96. The number of piperidine rings is 1. The number of amides is 1. The Balaban J connectivity index is 1.17. The van der Waals surface area contributed by atoms with Crippen molar-refractivity contribution < 1.29 is 14.7 Å². The van der Waals surface area contributed by atoms with E-state index in [-0.39, 0.29) is 5.91 Å². The van der Waals surface area contributed by atoms with Crippen molar-refractivity contribution in [3.8, 4) is 0 Å².